The minimum atomic E-state index is 0.810. The van der Waals surface area contributed by atoms with Gasteiger partial charge in [0, 0.05) is 51.0 Å². The van der Waals surface area contributed by atoms with Gasteiger partial charge >= 0.3 is 0 Å². The molecule has 0 radical (unpaired) electrons. The molecule has 1 N–H and O–H groups in total. The first-order valence-electron chi connectivity index (χ1n) is 9.20. The monoisotopic (exact) mass is 347 g/mol. The summed E-state index contributed by atoms with van der Waals surface area (Å²) in [4.78, 5) is 6.92. The minimum Gasteiger partial charge on any atom is -0.374 e. The average molecular weight is 347 g/mol. The number of rotatable bonds is 5. The van der Waals surface area contributed by atoms with Gasteiger partial charge in [0.1, 0.15) is 0 Å². The van der Waals surface area contributed by atoms with Crippen molar-refractivity contribution in [2.45, 2.75) is 32.9 Å². The zero-order chi connectivity index (χ0) is 17.9. The van der Waals surface area contributed by atoms with E-state index in [0.717, 1.165) is 31.0 Å². The molecule has 1 aliphatic rings. The lowest BCUT2D eigenvalue weighted by Gasteiger charge is -2.27. The maximum atomic E-state index is 4.57. The van der Waals surface area contributed by atoms with Crippen molar-refractivity contribution >= 4 is 5.69 Å². The molecular formula is C21H25N5. The van der Waals surface area contributed by atoms with Gasteiger partial charge < -0.3 is 10.2 Å². The summed E-state index contributed by atoms with van der Waals surface area (Å²) in [5.41, 5.74) is 6.52. The molecule has 0 atom stereocenters. The highest BCUT2D eigenvalue weighted by molar-refractivity contribution is 5.56. The smallest absolute Gasteiger partial charge is 0.156 e. The molecule has 0 aliphatic carbocycles. The zero-order valence-electron chi connectivity index (χ0n) is 15.4. The molecule has 1 aliphatic heterocycles. The minimum absolute atomic E-state index is 0.810. The number of hydrogen-bond acceptors (Lipinski definition) is 4. The van der Waals surface area contributed by atoms with E-state index in [0.29, 0.717) is 0 Å². The largest absolute Gasteiger partial charge is 0.374 e. The third kappa shape index (κ3) is 3.48. The Morgan fingerprint density at radius 2 is 2.04 bits per heavy atom. The van der Waals surface area contributed by atoms with E-state index < -0.39 is 0 Å². The molecule has 1 aromatic carbocycles. The Morgan fingerprint density at radius 3 is 2.85 bits per heavy atom. The predicted octanol–water partition coefficient (Wildman–Crippen LogP) is 3.25. The molecule has 0 bridgehead atoms. The van der Waals surface area contributed by atoms with Crippen molar-refractivity contribution in [2.24, 2.45) is 0 Å². The third-order valence-corrected chi connectivity index (χ3v) is 4.98. The van der Waals surface area contributed by atoms with Crippen molar-refractivity contribution in [3.63, 3.8) is 0 Å². The van der Waals surface area contributed by atoms with Crippen LogP contribution in [0, 0.1) is 6.92 Å². The Kier molecular flexibility index (Phi) is 4.71. The van der Waals surface area contributed by atoms with Crippen LogP contribution in [0.2, 0.25) is 0 Å². The maximum absolute atomic E-state index is 4.57. The second kappa shape index (κ2) is 7.30. The molecule has 5 heteroatoms. The van der Waals surface area contributed by atoms with E-state index in [2.05, 4.69) is 58.5 Å². The average Bonchev–Trinajstić information content (AvgIpc) is 3.16. The van der Waals surface area contributed by atoms with Crippen LogP contribution in [0.15, 0.2) is 48.9 Å². The Morgan fingerprint density at radius 1 is 1.15 bits per heavy atom. The highest BCUT2D eigenvalue weighted by Gasteiger charge is 2.13. The van der Waals surface area contributed by atoms with E-state index in [1.807, 2.05) is 18.5 Å². The van der Waals surface area contributed by atoms with Crippen LogP contribution in [0.1, 0.15) is 28.7 Å². The van der Waals surface area contributed by atoms with Crippen LogP contribution >= 0.6 is 0 Å². The molecule has 3 heterocycles. The molecule has 3 aromatic rings. The molecule has 0 saturated heterocycles. The summed E-state index contributed by atoms with van der Waals surface area (Å²) in [5, 5.41) is 7.80. The molecule has 0 fully saturated rings. The van der Waals surface area contributed by atoms with Gasteiger partial charge in [0.15, 0.2) is 5.82 Å². The summed E-state index contributed by atoms with van der Waals surface area (Å²) in [5.74, 6) is 0.887. The lowest BCUT2D eigenvalue weighted by atomic mass is 9.99. The summed E-state index contributed by atoms with van der Waals surface area (Å²) in [6.45, 7) is 4.92. The quantitative estimate of drug-likeness (QED) is 0.770. The number of nitrogens with one attached hydrogen (secondary N) is 1. The molecule has 0 saturated carbocycles. The van der Waals surface area contributed by atoms with Crippen LogP contribution in [0.4, 0.5) is 5.69 Å². The maximum Gasteiger partial charge on any atom is 0.156 e. The van der Waals surface area contributed by atoms with Crippen molar-refractivity contribution in [1.82, 2.24) is 20.1 Å². The molecule has 0 amide bonds. The molecular weight excluding hydrogens is 322 g/mol. The number of fused-ring (bicyclic) bond motifs is 1. The van der Waals surface area contributed by atoms with E-state index >= 15 is 0 Å². The fraction of sp³-hybridized carbons (Fsp3) is 0.333. The molecule has 134 valence electrons. The van der Waals surface area contributed by atoms with Gasteiger partial charge in [-0.3, -0.25) is 0 Å². The zero-order valence-corrected chi connectivity index (χ0v) is 15.4. The van der Waals surface area contributed by atoms with Gasteiger partial charge in [-0.1, -0.05) is 12.1 Å². The summed E-state index contributed by atoms with van der Waals surface area (Å²) in [6, 6.07) is 10.9. The Bertz CT molecular complexity index is 885. The third-order valence-electron chi connectivity index (χ3n) is 4.98. The van der Waals surface area contributed by atoms with Crippen LogP contribution in [-0.4, -0.2) is 28.4 Å². The van der Waals surface area contributed by atoms with Crippen molar-refractivity contribution in [2.75, 3.05) is 18.5 Å². The number of aryl methyl sites for hydroxylation is 2. The van der Waals surface area contributed by atoms with Crippen LogP contribution in [0.25, 0.3) is 5.82 Å². The SMILES string of the molecule is Cc1cc(CNCc2ccc3c(c2)CCCN3C)cnc1-n1cccn1. The first kappa shape index (κ1) is 16.8. The first-order chi connectivity index (χ1) is 12.7. The number of pyridine rings is 1. The van der Waals surface area contributed by atoms with E-state index in [4.69, 9.17) is 0 Å². The standard InChI is InChI=1S/C21H25N5/c1-16-11-18(15-23-21(16)26-10-4-8-24-26)14-22-13-17-6-7-20-19(12-17)5-3-9-25(20)2/h4,6-8,10-12,15,22H,3,5,9,13-14H2,1-2H3. The molecule has 4 rings (SSSR count). The van der Waals surface area contributed by atoms with Gasteiger partial charge in [-0.05, 0) is 60.2 Å². The van der Waals surface area contributed by atoms with Gasteiger partial charge in [-0.15, -0.1) is 0 Å². The van der Waals surface area contributed by atoms with Gasteiger partial charge in [-0.25, -0.2) is 9.67 Å². The molecule has 0 spiro atoms. The van der Waals surface area contributed by atoms with Crippen LogP contribution in [-0.2, 0) is 19.5 Å². The van der Waals surface area contributed by atoms with Crippen LogP contribution in [0.5, 0.6) is 0 Å². The Hall–Kier alpha value is -2.66. The van der Waals surface area contributed by atoms with Crippen molar-refractivity contribution < 1.29 is 0 Å². The summed E-state index contributed by atoms with van der Waals surface area (Å²) in [7, 11) is 2.18. The van der Waals surface area contributed by atoms with Gasteiger partial charge in [-0.2, -0.15) is 5.10 Å². The number of anilines is 1. The highest BCUT2D eigenvalue weighted by Crippen LogP contribution is 2.26. The predicted molar refractivity (Wildman–Crippen MR) is 105 cm³/mol. The Labute approximate surface area is 154 Å². The van der Waals surface area contributed by atoms with E-state index in [1.165, 1.54) is 35.2 Å². The topological polar surface area (TPSA) is 46.0 Å². The van der Waals surface area contributed by atoms with E-state index in [9.17, 15) is 0 Å². The van der Waals surface area contributed by atoms with Gasteiger partial charge in [0.25, 0.3) is 0 Å². The molecule has 5 nitrogen and oxygen atoms in total. The normalized spacial score (nSPS) is 13.7. The molecule has 0 unspecified atom stereocenters. The number of aromatic nitrogens is 3. The van der Waals surface area contributed by atoms with Crippen LogP contribution < -0.4 is 10.2 Å². The number of benzene rings is 1. The fourth-order valence-corrected chi connectivity index (χ4v) is 3.66. The molecule has 2 aromatic heterocycles. The lowest BCUT2D eigenvalue weighted by Crippen LogP contribution is -2.24. The Balaban J connectivity index is 1.38. The van der Waals surface area contributed by atoms with Crippen molar-refractivity contribution in [1.29, 1.82) is 0 Å². The second-order valence-corrected chi connectivity index (χ2v) is 7.03. The summed E-state index contributed by atoms with van der Waals surface area (Å²) < 4.78 is 1.80. The van der Waals surface area contributed by atoms with E-state index in [-0.39, 0.29) is 0 Å². The second-order valence-electron chi connectivity index (χ2n) is 7.03. The van der Waals surface area contributed by atoms with Crippen molar-refractivity contribution in [3.05, 3.63) is 71.2 Å². The number of hydrogen-bond donors (Lipinski definition) is 1. The van der Waals surface area contributed by atoms with E-state index in [1.54, 1.807) is 10.9 Å². The highest BCUT2D eigenvalue weighted by atomic mass is 15.3. The summed E-state index contributed by atoms with van der Waals surface area (Å²) >= 11 is 0. The summed E-state index contributed by atoms with van der Waals surface area (Å²) in [6.07, 6.45) is 8.05. The number of nitrogens with zero attached hydrogens (tertiary/aromatic N) is 4. The lowest BCUT2D eigenvalue weighted by molar-refractivity contribution is 0.685. The van der Waals surface area contributed by atoms with Crippen LogP contribution in [0.3, 0.4) is 0 Å². The van der Waals surface area contributed by atoms with Gasteiger partial charge in [0.2, 0.25) is 0 Å². The molecule has 26 heavy (non-hydrogen) atoms. The fourth-order valence-electron chi connectivity index (χ4n) is 3.66. The van der Waals surface area contributed by atoms with Crippen molar-refractivity contribution in [3.8, 4) is 5.82 Å². The first-order valence-corrected chi connectivity index (χ1v) is 9.20. The van der Waals surface area contributed by atoms with Gasteiger partial charge in [0.05, 0.1) is 0 Å².